The van der Waals surface area contributed by atoms with Gasteiger partial charge in [0.2, 0.25) is 0 Å². The Bertz CT molecular complexity index is 858. The molecule has 2 aromatic rings. The van der Waals surface area contributed by atoms with E-state index in [9.17, 15) is 14.4 Å². The second-order valence-electron chi connectivity index (χ2n) is 5.84. The van der Waals surface area contributed by atoms with Crippen molar-refractivity contribution in [1.29, 1.82) is 0 Å². The van der Waals surface area contributed by atoms with Gasteiger partial charge in [-0.15, -0.1) is 10.2 Å². The van der Waals surface area contributed by atoms with Crippen molar-refractivity contribution in [2.75, 3.05) is 6.61 Å². The zero-order chi connectivity index (χ0) is 18.8. The van der Waals surface area contributed by atoms with Crippen molar-refractivity contribution < 1.29 is 28.6 Å². The van der Waals surface area contributed by atoms with E-state index in [2.05, 4.69) is 10.2 Å². The molecule has 2 atom stereocenters. The van der Waals surface area contributed by atoms with Gasteiger partial charge in [-0.25, -0.2) is 4.79 Å². The van der Waals surface area contributed by atoms with Crippen molar-refractivity contribution in [3.63, 3.8) is 0 Å². The van der Waals surface area contributed by atoms with Crippen LogP contribution < -0.4 is 0 Å². The fourth-order valence-electron chi connectivity index (χ4n) is 2.52. The SMILES string of the molecule is CC(=O)OCC(OC(C)=O)C1OC(=O)c2nn(-c3ccc(C)cc3)nc21. The first kappa shape index (κ1) is 17.6. The van der Waals surface area contributed by atoms with Crippen LogP contribution in [-0.2, 0) is 23.8 Å². The largest absolute Gasteiger partial charge is 0.462 e. The summed E-state index contributed by atoms with van der Waals surface area (Å²) in [6.45, 7) is 4.13. The number of hydrogen-bond donors (Lipinski definition) is 0. The molecule has 0 bridgehead atoms. The summed E-state index contributed by atoms with van der Waals surface area (Å²) >= 11 is 0. The van der Waals surface area contributed by atoms with Crippen LogP contribution in [0.25, 0.3) is 5.69 Å². The molecule has 3 rings (SSSR count). The minimum absolute atomic E-state index is 0.0375. The number of cyclic esters (lactones) is 1. The van der Waals surface area contributed by atoms with Gasteiger partial charge >= 0.3 is 17.9 Å². The van der Waals surface area contributed by atoms with Crippen molar-refractivity contribution in [1.82, 2.24) is 15.0 Å². The summed E-state index contributed by atoms with van der Waals surface area (Å²) < 4.78 is 15.3. The molecule has 1 aromatic heterocycles. The lowest BCUT2D eigenvalue weighted by Gasteiger charge is -2.21. The first-order valence-corrected chi connectivity index (χ1v) is 7.91. The number of rotatable bonds is 5. The number of fused-ring (bicyclic) bond motifs is 1. The second kappa shape index (κ2) is 6.95. The highest BCUT2D eigenvalue weighted by Gasteiger charge is 2.43. The molecule has 2 heterocycles. The van der Waals surface area contributed by atoms with Gasteiger partial charge in [-0.2, -0.15) is 4.80 Å². The Balaban J connectivity index is 1.91. The van der Waals surface area contributed by atoms with Gasteiger partial charge in [-0.1, -0.05) is 17.7 Å². The summed E-state index contributed by atoms with van der Waals surface area (Å²) in [5.41, 5.74) is 2.01. The number of aromatic nitrogens is 3. The monoisotopic (exact) mass is 359 g/mol. The molecular formula is C17H17N3O6. The molecule has 0 saturated carbocycles. The third-order valence-electron chi connectivity index (χ3n) is 3.71. The fourth-order valence-corrected chi connectivity index (χ4v) is 2.52. The number of hydrogen-bond acceptors (Lipinski definition) is 8. The Labute approximate surface area is 148 Å². The first-order valence-electron chi connectivity index (χ1n) is 7.91. The van der Waals surface area contributed by atoms with E-state index in [1.165, 1.54) is 18.6 Å². The maximum atomic E-state index is 12.1. The van der Waals surface area contributed by atoms with Crippen molar-refractivity contribution in [3.05, 3.63) is 41.2 Å². The van der Waals surface area contributed by atoms with E-state index in [1.807, 2.05) is 31.2 Å². The van der Waals surface area contributed by atoms with Gasteiger partial charge in [0.05, 0.1) is 5.69 Å². The summed E-state index contributed by atoms with van der Waals surface area (Å²) in [7, 11) is 0. The molecule has 136 valence electrons. The Morgan fingerprint density at radius 3 is 2.50 bits per heavy atom. The average Bonchev–Trinajstić information content (AvgIpc) is 3.13. The minimum atomic E-state index is -1.01. The van der Waals surface area contributed by atoms with E-state index in [1.54, 1.807) is 0 Å². The highest BCUT2D eigenvalue weighted by molar-refractivity contribution is 5.91. The molecule has 26 heavy (non-hydrogen) atoms. The van der Waals surface area contributed by atoms with Crippen LogP contribution in [-0.4, -0.2) is 45.6 Å². The standard InChI is InChI=1S/C17H17N3O6/c1-9-4-6-12(7-5-9)20-18-14-15(19-20)17(23)26-16(14)13(25-11(3)22)8-24-10(2)21/h4-7,13,16H,8H2,1-3H3. The molecule has 9 nitrogen and oxygen atoms in total. The molecule has 1 aliphatic rings. The molecule has 0 radical (unpaired) electrons. The number of nitrogens with zero attached hydrogens (tertiary/aromatic N) is 3. The van der Waals surface area contributed by atoms with Gasteiger partial charge < -0.3 is 14.2 Å². The van der Waals surface area contributed by atoms with Gasteiger partial charge in [0.1, 0.15) is 12.3 Å². The lowest BCUT2D eigenvalue weighted by molar-refractivity contribution is -0.163. The third-order valence-corrected chi connectivity index (χ3v) is 3.71. The molecule has 0 amide bonds. The highest BCUT2D eigenvalue weighted by Crippen LogP contribution is 2.32. The number of benzene rings is 1. The summed E-state index contributed by atoms with van der Waals surface area (Å²) in [5.74, 6) is -1.82. The van der Waals surface area contributed by atoms with Crippen molar-refractivity contribution >= 4 is 17.9 Å². The van der Waals surface area contributed by atoms with Gasteiger partial charge in [0.15, 0.2) is 17.9 Å². The predicted molar refractivity (Wildman–Crippen MR) is 86.4 cm³/mol. The Kier molecular flexibility index (Phi) is 4.70. The normalized spacial score (nSPS) is 16.6. The van der Waals surface area contributed by atoms with E-state index < -0.39 is 30.1 Å². The van der Waals surface area contributed by atoms with E-state index in [0.29, 0.717) is 5.69 Å². The van der Waals surface area contributed by atoms with Crippen LogP contribution >= 0.6 is 0 Å². The van der Waals surface area contributed by atoms with Crippen LogP contribution in [0.2, 0.25) is 0 Å². The minimum Gasteiger partial charge on any atom is -0.462 e. The lowest BCUT2D eigenvalue weighted by atomic mass is 10.1. The van der Waals surface area contributed by atoms with Crippen LogP contribution in [0.3, 0.4) is 0 Å². The number of ether oxygens (including phenoxy) is 3. The Hall–Kier alpha value is -3.23. The zero-order valence-corrected chi connectivity index (χ0v) is 14.5. The summed E-state index contributed by atoms with van der Waals surface area (Å²) in [5, 5.41) is 8.47. The van der Waals surface area contributed by atoms with E-state index in [0.717, 1.165) is 5.56 Å². The van der Waals surface area contributed by atoms with Crippen LogP contribution in [0.5, 0.6) is 0 Å². The molecule has 1 aromatic carbocycles. The van der Waals surface area contributed by atoms with E-state index in [-0.39, 0.29) is 18.0 Å². The number of carbonyl (C=O) groups is 3. The lowest BCUT2D eigenvalue weighted by Crippen LogP contribution is -2.31. The molecule has 0 spiro atoms. The topological polar surface area (TPSA) is 110 Å². The number of esters is 3. The third kappa shape index (κ3) is 3.56. The number of aryl methyl sites for hydroxylation is 1. The van der Waals surface area contributed by atoms with E-state index in [4.69, 9.17) is 14.2 Å². The fraction of sp³-hybridized carbons (Fsp3) is 0.353. The summed E-state index contributed by atoms with van der Waals surface area (Å²) in [6.07, 6.45) is -2.01. The molecule has 1 aliphatic heterocycles. The van der Waals surface area contributed by atoms with Gasteiger partial charge in [-0.3, -0.25) is 9.59 Å². The van der Waals surface area contributed by atoms with Gasteiger partial charge in [0.25, 0.3) is 0 Å². The van der Waals surface area contributed by atoms with Gasteiger partial charge in [-0.05, 0) is 19.1 Å². The first-order chi connectivity index (χ1) is 12.3. The molecule has 0 fully saturated rings. The average molecular weight is 359 g/mol. The molecule has 0 N–H and O–H groups in total. The molecule has 0 saturated heterocycles. The number of carbonyl (C=O) groups excluding carboxylic acids is 3. The second-order valence-corrected chi connectivity index (χ2v) is 5.84. The maximum absolute atomic E-state index is 12.1. The molecule has 0 aliphatic carbocycles. The zero-order valence-electron chi connectivity index (χ0n) is 14.5. The quantitative estimate of drug-likeness (QED) is 0.580. The predicted octanol–water partition coefficient (Wildman–Crippen LogP) is 1.28. The smallest absolute Gasteiger partial charge is 0.361 e. The summed E-state index contributed by atoms with van der Waals surface area (Å²) in [6, 6.07) is 7.41. The van der Waals surface area contributed by atoms with Crippen LogP contribution in [0.15, 0.2) is 24.3 Å². The molecular weight excluding hydrogens is 342 g/mol. The van der Waals surface area contributed by atoms with Crippen molar-refractivity contribution in [2.24, 2.45) is 0 Å². The van der Waals surface area contributed by atoms with Crippen LogP contribution in [0.1, 0.15) is 41.7 Å². The van der Waals surface area contributed by atoms with E-state index >= 15 is 0 Å². The molecule has 9 heteroatoms. The Morgan fingerprint density at radius 1 is 1.19 bits per heavy atom. The van der Waals surface area contributed by atoms with Crippen molar-refractivity contribution in [3.8, 4) is 5.69 Å². The van der Waals surface area contributed by atoms with Crippen LogP contribution in [0, 0.1) is 6.92 Å². The maximum Gasteiger partial charge on any atom is 0.361 e. The van der Waals surface area contributed by atoms with Crippen molar-refractivity contribution in [2.45, 2.75) is 33.0 Å². The van der Waals surface area contributed by atoms with Gasteiger partial charge in [0, 0.05) is 13.8 Å². The summed E-state index contributed by atoms with van der Waals surface area (Å²) in [4.78, 5) is 35.9. The highest BCUT2D eigenvalue weighted by atomic mass is 16.6. The Morgan fingerprint density at radius 2 is 1.88 bits per heavy atom. The molecule has 2 unspecified atom stereocenters. The van der Waals surface area contributed by atoms with Crippen LogP contribution in [0.4, 0.5) is 0 Å².